The van der Waals surface area contributed by atoms with Crippen LogP contribution in [0.2, 0.25) is 0 Å². The van der Waals surface area contributed by atoms with Gasteiger partial charge in [-0.3, -0.25) is 0 Å². The van der Waals surface area contributed by atoms with Crippen LogP contribution in [0.5, 0.6) is 0 Å². The Balaban J connectivity index is 1.28. The zero-order valence-electron chi connectivity index (χ0n) is 20.2. The molecule has 4 rings (SSSR count). The van der Waals surface area contributed by atoms with Crippen molar-refractivity contribution in [2.45, 2.75) is 96.2 Å². The second kappa shape index (κ2) is 12.0. The van der Waals surface area contributed by atoms with Crippen LogP contribution in [0.25, 0.3) is 11.1 Å². The zero-order valence-corrected chi connectivity index (χ0v) is 20.2. The summed E-state index contributed by atoms with van der Waals surface area (Å²) in [5.41, 5.74) is 5.33. The molecule has 2 aromatic carbocycles. The summed E-state index contributed by atoms with van der Waals surface area (Å²) in [7, 11) is 0. The summed E-state index contributed by atoms with van der Waals surface area (Å²) in [6.07, 6.45) is 14.0. The molecule has 0 unspecified atom stereocenters. The molecule has 1 heterocycles. The molecule has 0 N–H and O–H groups in total. The Labute approximate surface area is 195 Å². The maximum atomic E-state index is 6.01. The van der Waals surface area contributed by atoms with Crippen molar-refractivity contribution in [1.29, 1.82) is 0 Å². The van der Waals surface area contributed by atoms with Gasteiger partial charge in [-0.05, 0) is 66.2 Å². The molecule has 32 heavy (non-hydrogen) atoms. The van der Waals surface area contributed by atoms with Gasteiger partial charge in [0.25, 0.3) is 0 Å². The van der Waals surface area contributed by atoms with Gasteiger partial charge >= 0.3 is 0 Å². The van der Waals surface area contributed by atoms with Gasteiger partial charge in [0.2, 0.25) is 0 Å². The van der Waals surface area contributed by atoms with Gasteiger partial charge in [0, 0.05) is 0 Å². The number of hydrogen-bond donors (Lipinski definition) is 0. The SMILES string of the molecule is CCCCCC[C@H]1CC[C@H](c2ccc(-c3ccc([C@H]4CO[C@H](CC)CO4)cc3)cc2)CC1. The van der Waals surface area contributed by atoms with Gasteiger partial charge in [-0.1, -0.05) is 94.5 Å². The minimum Gasteiger partial charge on any atom is -0.373 e. The third-order valence-corrected chi connectivity index (χ3v) is 7.73. The van der Waals surface area contributed by atoms with E-state index in [0.717, 1.165) is 18.3 Å². The van der Waals surface area contributed by atoms with Gasteiger partial charge in [-0.2, -0.15) is 0 Å². The molecule has 0 amide bonds. The van der Waals surface area contributed by atoms with Gasteiger partial charge in [0.1, 0.15) is 6.10 Å². The highest BCUT2D eigenvalue weighted by Gasteiger charge is 2.23. The van der Waals surface area contributed by atoms with E-state index in [4.69, 9.17) is 9.47 Å². The average molecular weight is 435 g/mol. The molecule has 2 aliphatic rings. The highest BCUT2D eigenvalue weighted by Crippen LogP contribution is 2.38. The van der Waals surface area contributed by atoms with Gasteiger partial charge in [-0.15, -0.1) is 0 Å². The Morgan fingerprint density at radius 2 is 1.34 bits per heavy atom. The van der Waals surface area contributed by atoms with Crippen molar-refractivity contribution in [2.24, 2.45) is 5.92 Å². The van der Waals surface area contributed by atoms with Crippen molar-refractivity contribution in [1.82, 2.24) is 0 Å². The zero-order chi connectivity index (χ0) is 22.2. The Bertz CT molecular complexity index is 779. The summed E-state index contributed by atoms with van der Waals surface area (Å²) in [5.74, 6) is 1.74. The molecular weight excluding hydrogens is 392 g/mol. The normalized spacial score (nSPS) is 26.2. The molecule has 2 nitrogen and oxygen atoms in total. The first kappa shape index (κ1) is 23.5. The van der Waals surface area contributed by atoms with Crippen molar-refractivity contribution in [3.8, 4) is 11.1 Å². The molecule has 1 aliphatic carbocycles. The molecule has 0 radical (unpaired) electrons. The average Bonchev–Trinajstić information content (AvgIpc) is 2.87. The molecule has 0 spiro atoms. The van der Waals surface area contributed by atoms with E-state index >= 15 is 0 Å². The lowest BCUT2D eigenvalue weighted by molar-refractivity contribution is -0.135. The molecule has 1 saturated heterocycles. The van der Waals surface area contributed by atoms with Crippen molar-refractivity contribution >= 4 is 0 Å². The van der Waals surface area contributed by atoms with E-state index in [2.05, 4.69) is 62.4 Å². The monoisotopic (exact) mass is 434 g/mol. The molecule has 0 bridgehead atoms. The lowest BCUT2D eigenvalue weighted by atomic mass is 9.77. The summed E-state index contributed by atoms with van der Waals surface area (Å²) in [6, 6.07) is 18.2. The van der Waals surface area contributed by atoms with E-state index in [0.29, 0.717) is 13.2 Å². The van der Waals surface area contributed by atoms with Crippen LogP contribution < -0.4 is 0 Å². The fourth-order valence-electron chi connectivity index (χ4n) is 5.45. The van der Waals surface area contributed by atoms with Gasteiger partial charge in [-0.25, -0.2) is 0 Å². The summed E-state index contributed by atoms with van der Waals surface area (Å²) >= 11 is 0. The van der Waals surface area contributed by atoms with Crippen LogP contribution in [0, 0.1) is 5.92 Å². The molecule has 2 atom stereocenters. The van der Waals surface area contributed by atoms with Crippen LogP contribution in [0.3, 0.4) is 0 Å². The summed E-state index contributed by atoms with van der Waals surface area (Å²) in [5, 5.41) is 0. The second-order valence-electron chi connectivity index (χ2n) is 10.00. The molecular formula is C30H42O2. The number of ether oxygens (including phenoxy) is 2. The molecule has 0 aromatic heterocycles. The van der Waals surface area contributed by atoms with Gasteiger partial charge < -0.3 is 9.47 Å². The van der Waals surface area contributed by atoms with Crippen molar-refractivity contribution in [2.75, 3.05) is 13.2 Å². The predicted molar refractivity (Wildman–Crippen MR) is 134 cm³/mol. The molecule has 2 fully saturated rings. The standard InChI is InChI=1S/C30H42O2/c1-3-5-6-7-8-23-9-11-24(12-10-23)25-13-15-26(16-14-25)27-17-19-28(20-18-27)30-22-31-29(4-2)21-32-30/h13-20,23-24,29-30H,3-12,21-22H2,1-2H3/t23-,24-,29-,30-/m1/s1. The number of hydrogen-bond acceptors (Lipinski definition) is 2. The van der Waals surface area contributed by atoms with E-state index in [1.54, 1.807) is 0 Å². The Morgan fingerprint density at radius 1 is 0.688 bits per heavy atom. The van der Waals surface area contributed by atoms with E-state index < -0.39 is 0 Å². The number of benzene rings is 2. The second-order valence-corrected chi connectivity index (χ2v) is 10.00. The van der Waals surface area contributed by atoms with E-state index in [1.165, 1.54) is 80.0 Å². The Morgan fingerprint density at radius 3 is 1.91 bits per heavy atom. The van der Waals surface area contributed by atoms with E-state index in [1.807, 2.05) is 0 Å². The summed E-state index contributed by atoms with van der Waals surface area (Å²) in [4.78, 5) is 0. The molecule has 2 heteroatoms. The van der Waals surface area contributed by atoms with E-state index in [9.17, 15) is 0 Å². The maximum absolute atomic E-state index is 6.01. The van der Waals surface area contributed by atoms with Crippen LogP contribution in [-0.2, 0) is 9.47 Å². The third-order valence-electron chi connectivity index (χ3n) is 7.73. The Kier molecular flexibility index (Phi) is 8.82. The smallest absolute Gasteiger partial charge is 0.106 e. The molecule has 174 valence electrons. The number of rotatable bonds is 9. The Hall–Kier alpha value is -1.64. The first-order chi connectivity index (χ1) is 15.8. The van der Waals surface area contributed by atoms with Crippen LogP contribution in [-0.4, -0.2) is 19.3 Å². The number of unbranched alkanes of at least 4 members (excludes halogenated alkanes) is 3. The maximum Gasteiger partial charge on any atom is 0.106 e. The fourth-order valence-corrected chi connectivity index (χ4v) is 5.45. The highest BCUT2D eigenvalue weighted by atomic mass is 16.6. The topological polar surface area (TPSA) is 18.5 Å². The fraction of sp³-hybridized carbons (Fsp3) is 0.600. The lowest BCUT2D eigenvalue weighted by Gasteiger charge is -2.29. The van der Waals surface area contributed by atoms with Crippen molar-refractivity contribution < 1.29 is 9.47 Å². The third kappa shape index (κ3) is 6.23. The molecule has 1 aliphatic heterocycles. The summed E-state index contributed by atoms with van der Waals surface area (Å²) < 4.78 is 11.9. The molecule has 1 saturated carbocycles. The first-order valence-electron chi connectivity index (χ1n) is 13.2. The van der Waals surface area contributed by atoms with Crippen LogP contribution in [0.15, 0.2) is 48.5 Å². The summed E-state index contributed by atoms with van der Waals surface area (Å²) in [6.45, 7) is 5.81. The van der Waals surface area contributed by atoms with Crippen LogP contribution in [0.1, 0.15) is 101 Å². The van der Waals surface area contributed by atoms with Gasteiger partial charge in [0.15, 0.2) is 0 Å². The predicted octanol–water partition coefficient (Wildman–Crippen LogP) is 8.46. The first-order valence-corrected chi connectivity index (χ1v) is 13.2. The minimum absolute atomic E-state index is 0.0657. The highest BCUT2D eigenvalue weighted by molar-refractivity contribution is 5.64. The molecule has 2 aromatic rings. The lowest BCUT2D eigenvalue weighted by Crippen LogP contribution is -2.30. The minimum atomic E-state index is 0.0657. The van der Waals surface area contributed by atoms with E-state index in [-0.39, 0.29) is 12.2 Å². The van der Waals surface area contributed by atoms with Crippen LogP contribution >= 0.6 is 0 Å². The van der Waals surface area contributed by atoms with Crippen molar-refractivity contribution in [3.05, 3.63) is 59.7 Å². The quantitative estimate of drug-likeness (QED) is 0.368. The largest absolute Gasteiger partial charge is 0.373 e. The van der Waals surface area contributed by atoms with Crippen LogP contribution in [0.4, 0.5) is 0 Å². The van der Waals surface area contributed by atoms with Gasteiger partial charge in [0.05, 0.1) is 19.3 Å². The van der Waals surface area contributed by atoms with Crippen molar-refractivity contribution in [3.63, 3.8) is 0 Å².